The van der Waals surface area contributed by atoms with Crippen LogP contribution >= 0.6 is 0 Å². The molecule has 1 aromatic carbocycles. The molecule has 2 fully saturated rings. The van der Waals surface area contributed by atoms with Crippen molar-refractivity contribution in [1.82, 2.24) is 13.8 Å². The Labute approximate surface area is 226 Å². The van der Waals surface area contributed by atoms with Gasteiger partial charge < -0.3 is 19.1 Å². The molecule has 2 aromatic rings. The quantitative estimate of drug-likeness (QED) is 0.519. The topological polar surface area (TPSA) is 92.2 Å². The van der Waals surface area contributed by atoms with Crippen LogP contribution in [0.5, 0.6) is 0 Å². The first-order chi connectivity index (χ1) is 18.0. The maximum Gasteiger partial charge on any atom is 0.341 e. The SMILES string of the molecule is CCOC(=O)c1c(S(=O)(=O)N2CCC[C@H](C(=O)N3CCN(c4cccc(C)c4C)CC3)C2)c(C)n(C)c1C. The number of hydrogen-bond donors (Lipinski definition) is 0. The summed E-state index contributed by atoms with van der Waals surface area (Å²) in [6.45, 7) is 12.7. The van der Waals surface area contributed by atoms with Crippen molar-refractivity contribution >= 4 is 27.6 Å². The number of carbonyl (C=O) groups is 2. The summed E-state index contributed by atoms with van der Waals surface area (Å²) < 4.78 is 36.0. The number of piperazine rings is 1. The van der Waals surface area contributed by atoms with Crippen LogP contribution in [0, 0.1) is 33.6 Å². The molecule has 0 radical (unpaired) electrons. The lowest BCUT2D eigenvalue weighted by Crippen LogP contribution is -2.53. The number of aromatic nitrogens is 1. The van der Waals surface area contributed by atoms with Crippen LogP contribution in [-0.4, -0.2) is 79.9 Å². The summed E-state index contributed by atoms with van der Waals surface area (Å²) in [6, 6.07) is 6.30. The molecule has 1 amide bonds. The molecule has 10 heteroatoms. The van der Waals surface area contributed by atoms with Gasteiger partial charge in [0.1, 0.15) is 10.5 Å². The van der Waals surface area contributed by atoms with Crippen molar-refractivity contribution in [3.05, 3.63) is 46.3 Å². The van der Waals surface area contributed by atoms with Crippen molar-refractivity contribution in [1.29, 1.82) is 0 Å². The molecule has 0 unspecified atom stereocenters. The molecule has 9 nitrogen and oxygen atoms in total. The first-order valence-corrected chi connectivity index (χ1v) is 14.9. The summed E-state index contributed by atoms with van der Waals surface area (Å²) >= 11 is 0. The number of hydrogen-bond acceptors (Lipinski definition) is 6. The van der Waals surface area contributed by atoms with Crippen LogP contribution in [0.3, 0.4) is 0 Å². The van der Waals surface area contributed by atoms with Crippen molar-refractivity contribution in [3.63, 3.8) is 0 Å². The summed E-state index contributed by atoms with van der Waals surface area (Å²) in [5, 5.41) is 0. The third kappa shape index (κ3) is 5.08. The predicted octanol–water partition coefficient (Wildman–Crippen LogP) is 3.18. The van der Waals surface area contributed by atoms with E-state index >= 15 is 0 Å². The van der Waals surface area contributed by atoms with Gasteiger partial charge in [-0.3, -0.25) is 4.79 Å². The smallest absolute Gasteiger partial charge is 0.341 e. The zero-order valence-corrected chi connectivity index (χ0v) is 24.2. The lowest BCUT2D eigenvalue weighted by atomic mass is 9.97. The number of carbonyl (C=O) groups excluding carboxylic acids is 2. The standard InChI is InChI=1S/C28H40N4O5S/c1-7-37-28(34)25-21(4)29(6)22(5)26(25)38(35,36)32-13-9-11-23(18-32)27(33)31-16-14-30(15-17-31)24-12-8-10-19(2)20(24)3/h8,10,12,23H,7,9,11,13-18H2,1-6H3/t23-/m0/s1. The third-order valence-corrected chi connectivity index (χ3v) is 10.3. The minimum atomic E-state index is -4.01. The number of anilines is 1. The van der Waals surface area contributed by atoms with Gasteiger partial charge in [0, 0.05) is 63.4 Å². The maximum atomic E-state index is 13.9. The van der Waals surface area contributed by atoms with Gasteiger partial charge in [-0.25, -0.2) is 13.2 Å². The Bertz CT molecular complexity index is 1330. The summed E-state index contributed by atoms with van der Waals surface area (Å²) in [7, 11) is -2.26. The molecule has 4 rings (SSSR count). The van der Waals surface area contributed by atoms with Crippen molar-refractivity contribution in [3.8, 4) is 0 Å². The number of aryl methyl sites for hydroxylation is 1. The highest BCUT2D eigenvalue weighted by Gasteiger charge is 2.40. The zero-order chi connectivity index (χ0) is 27.8. The van der Waals surface area contributed by atoms with Gasteiger partial charge in [-0.15, -0.1) is 0 Å². The fraction of sp³-hybridized carbons (Fsp3) is 0.571. The van der Waals surface area contributed by atoms with E-state index in [0.717, 1.165) is 13.1 Å². The molecule has 2 saturated heterocycles. The van der Waals surface area contributed by atoms with Gasteiger partial charge in [-0.05, 0) is 64.7 Å². The second-order valence-corrected chi connectivity index (χ2v) is 12.3. The van der Waals surface area contributed by atoms with Crippen molar-refractivity contribution in [2.24, 2.45) is 13.0 Å². The zero-order valence-electron chi connectivity index (χ0n) is 23.4. The van der Waals surface area contributed by atoms with Gasteiger partial charge in [0.2, 0.25) is 15.9 Å². The number of benzene rings is 1. The van der Waals surface area contributed by atoms with E-state index in [9.17, 15) is 18.0 Å². The molecule has 38 heavy (non-hydrogen) atoms. The molecule has 2 aliphatic rings. The minimum absolute atomic E-state index is 0.00816. The van der Waals surface area contributed by atoms with Crippen LogP contribution in [0.15, 0.2) is 23.1 Å². The fourth-order valence-electron chi connectivity index (χ4n) is 5.67. The second-order valence-electron chi connectivity index (χ2n) is 10.4. The van der Waals surface area contributed by atoms with Gasteiger partial charge in [-0.2, -0.15) is 4.31 Å². The Morgan fingerprint density at radius 3 is 2.34 bits per heavy atom. The van der Waals surface area contributed by atoms with E-state index in [4.69, 9.17) is 4.74 Å². The Kier molecular flexibility index (Phi) is 8.23. The van der Waals surface area contributed by atoms with E-state index in [1.807, 2.05) is 4.90 Å². The third-order valence-electron chi connectivity index (χ3n) is 8.24. The number of sulfonamides is 1. The molecule has 0 N–H and O–H groups in total. The summed E-state index contributed by atoms with van der Waals surface area (Å²) in [4.78, 5) is 30.5. The normalized spacial score (nSPS) is 19.1. The first-order valence-electron chi connectivity index (χ1n) is 13.4. The lowest BCUT2D eigenvalue weighted by Gasteiger charge is -2.40. The van der Waals surface area contributed by atoms with Crippen molar-refractivity contribution in [2.45, 2.75) is 52.4 Å². The average molecular weight is 545 g/mol. The Morgan fingerprint density at radius 2 is 1.68 bits per heavy atom. The molecule has 0 saturated carbocycles. The van der Waals surface area contributed by atoms with E-state index in [2.05, 4.69) is 36.9 Å². The van der Waals surface area contributed by atoms with Crippen LogP contribution in [0.25, 0.3) is 0 Å². The maximum absolute atomic E-state index is 13.9. The molecular weight excluding hydrogens is 504 g/mol. The first kappa shape index (κ1) is 28.2. The van der Waals surface area contributed by atoms with Crippen LogP contribution in [-0.2, 0) is 26.6 Å². The number of rotatable bonds is 6. The van der Waals surface area contributed by atoms with Crippen LogP contribution in [0.1, 0.15) is 52.6 Å². The number of amides is 1. The molecular formula is C28H40N4O5S. The van der Waals surface area contributed by atoms with Gasteiger partial charge in [0.25, 0.3) is 0 Å². The highest BCUT2D eigenvalue weighted by molar-refractivity contribution is 7.89. The van der Waals surface area contributed by atoms with Gasteiger partial charge in [0.15, 0.2) is 0 Å². The Hall–Kier alpha value is -2.85. The molecule has 1 atom stereocenters. The second kappa shape index (κ2) is 11.1. The van der Waals surface area contributed by atoms with Crippen LogP contribution in [0.2, 0.25) is 0 Å². The summed E-state index contributed by atoms with van der Waals surface area (Å²) in [6.07, 6.45) is 1.25. The number of nitrogens with zero attached hydrogens (tertiary/aromatic N) is 4. The van der Waals surface area contributed by atoms with E-state index in [-0.39, 0.29) is 29.5 Å². The Morgan fingerprint density at radius 1 is 1.00 bits per heavy atom. The highest BCUT2D eigenvalue weighted by Crippen LogP contribution is 2.33. The van der Waals surface area contributed by atoms with Crippen LogP contribution in [0.4, 0.5) is 5.69 Å². The molecule has 3 heterocycles. The highest BCUT2D eigenvalue weighted by atomic mass is 32.2. The van der Waals surface area contributed by atoms with Gasteiger partial charge in [0.05, 0.1) is 12.5 Å². The van der Waals surface area contributed by atoms with Gasteiger partial charge >= 0.3 is 5.97 Å². The van der Waals surface area contributed by atoms with E-state index < -0.39 is 21.9 Å². The Balaban J connectivity index is 1.49. The van der Waals surface area contributed by atoms with Gasteiger partial charge in [-0.1, -0.05) is 12.1 Å². The average Bonchev–Trinajstić information content (AvgIpc) is 3.14. The van der Waals surface area contributed by atoms with E-state index in [1.165, 1.54) is 21.1 Å². The van der Waals surface area contributed by atoms with Crippen molar-refractivity contribution < 1.29 is 22.7 Å². The minimum Gasteiger partial charge on any atom is -0.462 e. The molecule has 0 aliphatic carbocycles. The van der Waals surface area contributed by atoms with E-state index in [1.54, 1.807) is 32.4 Å². The molecule has 2 aliphatic heterocycles. The largest absolute Gasteiger partial charge is 0.462 e. The summed E-state index contributed by atoms with van der Waals surface area (Å²) in [5.41, 5.74) is 4.83. The van der Waals surface area contributed by atoms with Crippen LogP contribution < -0.4 is 4.90 Å². The number of esters is 1. The molecule has 1 aromatic heterocycles. The number of piperidine rings is 1. The monoisotopic (exact) mass is 544 g/mol. The lowest BCUT2D eigenvalue weighted by molar-refractivity contribution is -0.137. The number of ether oxygens (including phenoxy) is 1. The fourth-order valence-corrected chi connectivity index (χ4v) is 7.67. The molecule has 0 spiro atoms. The molecule has 0 bridgehead atoms. The van der Waals surface area contributed by atoms with E-state index in [0.29, 0.717) is 43.9 Å². The predicted molar refractivity (Wildman–Crippen MR) is 147 cm³/mol. The van der Waals surface area contributed by atoms with Crippen molar-refractivity contribution in [2.75, 3.05) is 50.8 Å². The summed E-state index contributed by atoms with van der Waals surface area (Å²) in [5.74, 6) is -1.03. The molecule has 208 valence electrons.